The summed E-state index contributed by atoms with van der Waals surface area (Å²) in [5.41, 5.74) is 4.42. The zero-order valence-corrected chi connectivity index (χ0v) is 21.5. The highest BCUT2D eigenvalue weighted by Crippen LogP contribution is 2.31. The lowest BCUT2D eigenvalue weighted by Gasteiger charge is -2.34. The highest BCUT2D eigenvalue weighted by molar-refractivity contribution is 7.12. The van der Waals surface area contributed by atoms with Gasteiger partial charge in [0.05, 0.1) is 24.9 Å². The van der Waals surface area contributed by atoms with Gasteiger partial charge in [-0.25, -0.2) is 14.8 Å². The molecular weight excluding hydrogens is 476 g/mol. The van der Waals surface area contributed by atoms with E-state index in [9.17, 15) is 4.79 Å². The topological polar surface area (TPSA) is 95.6 Å². The van der Waals surface area contributed by atoms with Crippen molar-refractivity contribution in [1.82, 2.24) is 19.9 Å². The van der Waals surface area contributed by atoms with Gasteiger partial charge in [0.1, 0.15) is 22.0 Å². The number of rotatable bonds is 8. The van der Waals surface area contributed by atoms with E-state index in [1.54, 1.807) is 0 Å². The molecule has 3 aromatic heterocycles. The van der Waals surface area contributed by atoms with Crippen LogP contribution in [0, 0.1) is 0 Å². The van der Waals surface area contributed by atoms with Gasteiger partial charge in [-0.1, -0.05) is 6.07 Å². The average Bonchev–Trinajstić information content (AvgIpc) is 3.55. The monoisotopic (exact) mass is 506 g/mol. The van der Waals surface area contributed by atoms with E-state index in [2.05, 4.69) is 45.3 Å². The van der Waals surface area contributed by atoms with Gasteiger partial charge in [0.25, 0.3) is 0 Å². The Hall–Kier alpha value is -3.63. The van der Waals surface area contributed by atoms with E-state index in [4.69, 9.17) is 19.4 Å². The third-order valence-electron chi connectivity index (χ3n) is 6.31. The molecule has 0 unspecified atom stereocenters. The number of carbonyl (C=O) groups excluding carboxylic acids is 1. The van der Waals surface area contributed by atoms with Gasteiger partial charge >= 0.3 is 5.97 Å². The largest absolute Gasteiger partial charge is 0.494 e. The number of nitrogens with zero attached hydrogens (tertiary/aromatic N) is 4. The normalized spacial score (nSPS) is 14.2. The second kappa shape index (κ2) is 10.5. The van der Waals surface area contributed by atoms with E-state index < -0.39 is 0 Å². The third-order valence-corrected chi connectivity index (χ3v) is 7.20. The lowest BCUT2D eigenvalue weighted by molar-refractivity contribution is 0.0607. The van der Waals surface area contributed by atoms with Crippen LogP contribution in [0.3, 0.4) is 0 Å². The number of fused-ring (bicyclic) bond motifs is 1. The summed E-state index contributed by atoms with van der Waals surface area (Å²) in [6.45, 7) is 6.68. The summed E-state index contributed by atoms with van der Waals surface area (Å²) in [6, 6.07) is 10.2. The summed E-state index contributed by atoms with van der Waals surface area (Å²) >= 11 is 1.32. The van der Waals surface area contributed by atoms with E-state index in [0.717, 1.165) is 48.5 Å². The number of nitrogens with one attached hydrogen (secondary N) is 2. The fraction of sp³-hybridized carbons (Fsp3) is 0.346. The maximum Gasteiger partial charge on any atom is 0.350 e. The molecule has 0 amide bonds. The zero-order chi connectivity index (χ0) is 25.1. The summed E-state index contributed by atoms with van der Waals surface area (Å²) < 4.78 is 11.0. The van der Waals surface area contributed by atoms with Crippen molar-refractivity contribution in [2.75, 3.05) is 57.2 Å². The molecule has 0 spiro atoms. The Morgan fingerprint density at radius 2 is 2.00 bits per heavy atom. The lowest BCUT2D eigenvalue weighted by Crippen LogP contribution is -2.44. The summed E-state index contributed by atoms with van der Waals surface area (Å²) in [4.78, 5) is 30.2. The third kappa shape index (κ3) is 5.00. The highest BCUT2D eigenvalue weighted by atomic mass is 32.1. The van der Waals surface area contributed by atoms with Crippen LogP contribution in [0.2, 0.25) is 0 Å². The Kier molecular flexibility index (Phi) is 7.06. The number of anilines is 3. The van der Waals surface area contributed by atoms with Crippen molar-refractivity contribution < 1.29 is 14.3 Å². The molecular formula is C26H30N6O3S. The SMILES string of the molecule is CCOc1cc(N2CCN(C)CC2)ccc1Cc1nc(Nc2ccsc2C(=O)OC)c2[nH]ccc2n1. The summed E-state index contributed by atoms with van der Waals surface area (Å²) in [7, 11) is 3.54. The molecule has 9 nitrogen and oxygen atoms in total. The first kappa shape index (κ1) is 24.1. The molecule has 1 saturated heterocycles. The van der Waals surface area contributed by atoms with Crippen LogP contribution in [-0.4, -0.2) is 72.8 Å². The smallest absolute Gasteiger partial charge is 0.350 e. The summed E-state index contributed by atoms with van der Waals surface area (Å²) in [6.07, 6.45) is 2.35. The van der Waals surface area contributed by atoms with Gasteiger partial charge in [-0.2, -0.15) is 0 Å². The van der Waals surface area contributed by atoms with Crippen LogP contribution >= 0.6 is 11.3 Å². The van der Waals surface area contributed by atoms with Crippen molar-refractivity contribution in [1.29, 1.82) is 0 Å². The molecule has 0 aliphatic carbocycles. The van der Waals surface area contributed by atoms with Gasteiger partial charge in [-0.3, -0.25) is 0 Å². The molecule has 36 heavy (non-hydrogen) atoms. The molecule has 0 saturated carbocycles. The molecule has 188 valence electrons. The van der Waals surface area contributed by atoms with E-state index >= 15 is 0 Å². The van der Waals surface area contributed by atoms with Crippen molar-refractivity contribution in [3.05, 3.63) is 58.2 Å². The van der Waals surface area contributed by atoms with Crippen LogP contribution in [0.5, 0.6) is 5.75 Å². The fourth-order valence-corrected chi connectivity index (χ4v) is 5.13. The van der Waals surface area contributed by atoms with Crippen LogP contribution in [-0.2, 0) is 11.2 Å². The summed E-state index contributed by atoms with van der Waals surface area (Å²) in [5.74, 6) is 1.74. The minimum atomic E-state index is -0.383. The predicted molar refractivity (Wildman–Crippen MR) is 143 cm³/mol. The molecule has 2 N–H and O–H groups in total. The number of aromatic nitrogens is 3. The molecule has 1 aliphatic rings. The summed E-state index contributed by atoms with van der Waals surface area (Å²) in [5, 5.41) is 5.15. The quantitative estimate of drug-likeness (QED) is 0.342. The highest BCUT2D eigenvalue weighted by Gasteiger charge is 2.19. The number of esters is 1. The number of carbonyl (C=O) groups is 1. The Bertz CT molecular complexity index is 1360. The molecule has 1 aromatic carbocycles. The molecule has 5 rings (SSSR count). The maximum atomic E-state index is 12.2. The predicted octanol–water partition coefficient (Wildman–Crippen LogP) is 4.29. The molecule has 1 aliphatic heterocycles. The molecule has 0 atom stereocenters. The Morgan fingerprint density at radius 3 is 2.78 bits per heavy atom. The number of H-pyrrole nitrogens is 1. The minimum absolute atomic E-state index is 0.383. The van der Waals surface area contributed by atoms with Crippen LogP contribution in [0.25, 0.3) is 11.0 Å². The number of hydrogen-bond donors (Lipinski definition) is 2. The van der Waals surface area contributed by atoms with Crippen molar-refractivity contribution in [3.63, 3.8) is 0 Å². The zero-order valence-electron chi connectivity index (χ0n) is 20.7. The van der Waals surface area contributed by atoms with Gasteiger partial charge in [0.2, 0.25) is 0 Å². The first-order chi connectivity index (χ1) is 17.6. The average molecular weight is 507 g/mol. The number of ether oxygens (including phenoxy) is 2. The van der Waals surface area contributed by atoms with Crippen LogP contribution in [0.4, 0.5) is 17.2 Å². The number of aromatic amines is 1. The van der Waals surface area contributed by atoms with E-state index in [-0.39, 0.29) is 5.97 Å². The molecule has 1 fully saturated rings. The Morgan fingerprint density at radius 1 is 1.17 bits per heavy atom. The number of methoxy groups -OCH3 is 1. The van der Waals surface area contributed by atoms with Crippen molar-refractivity contribution >= 4 is 45.5 Å². The number of piperazine rings is 1. The second-order valence-corrected chi connectivity index (χ2v) is 9.61. The van der Waals surface area contributed by atoms with Gasteiger partial charge < -0.3 is 29.6 Å². The van der Waals surface area contributed by atoms with Gasteiger partial charge in [0.15, 0.2) is 5.82 Å². The van der Waals surface area contributed by atoms with Crippen molar-refractivity contribution in [2.45, 2.75) is 13.3 Å². The van der Waals surface area contributed by atoms with Gasteiger partial charge in [-0.15, -0.1) is 11.3 Å². The van der Waals surface area contributed by atoms with E-state index in [0.29, 0.717) is 35.2 Å². The molecule has 0 radical (unpaired) electrons. The van der Waals surface area contributed by atoms with Gasteiger partial charge in [0, 0.05) is 56.1 Å². The Labute approximate surface area is 214 Å². The Balaban J connectivity index is 1.44. The standard InChI is InChI=1S/C26H30N6O3S/c1-4-35-21-16-18(32-12-10-31(2)11-13-32)6-5-17(21)15-22-28-19-7-9-27-23(19)25(30-22)29-20-8-14-36-24(20)26(33)34-3/h5-9,14,16,27H,4,10-13,15H2,1-3H3,(H,28,29,30). The van der Waals surface area contributed by atoms with Crippen LogP contribution < -0.4 is 15.0 Å². The molecule has 4 aromatic rings. The fourth-order valence-electron chi connectivity index (χ4n) is 4.36. The second-order valence-electron chi connectivity index (χ2n) is 8.70. The van der Waals surface area contributed by atoms with Gasteiger partial charge in [-0.05, 0) is 37.6 Å². The minimum Gasteiger partial charge on any atom is -0.494 e. The van der Waals surface area contributed by atoms with Crippen LogP contribution in [0.1, 0.15) is 28.0 Å². The van der Waals surface area contributed by atoms with E-state index in [1.807, 2.05) is 30.6 Å². The number of thiophene rings is 1. The molecule has 4 heterocycles. The first-order valence-corrected chi connectivity index (χ1v) is 12.9. The number of benzene rings is 1. The van der Waals surface area contributed by atoms with Crippen LogP contribution in [0.15, 0.2) is 41.9 Å². The van der Waals surface area contributed by atoms with Crippen molar-refractivity contribution in [3.8, 4) is 5.75 Å². The number of hydrogen-bond acceptors (Lipinski definition) is 9. The molecule has 0 bridgehead atoms. The van der Waals surface area contributed by atoms with Crippen molar-refractivity contribution in [2.24, 2.45) is 0 Å². The molecule has 10 heteroatoms. The maximum absolute atomic E-state index is 12.2. The number of likely N-dealkylation sites (N-methyl/N-ethyl adjacent to an activating group) is 1. The van der Waals surface area contributed by atoms with E-state index in [1.165, 1.54) is 24.1 Å². The first-order valence-electron chi connectivity index (χ1n) is 12.0. The lowest BCUT2D eigenvalue weighted by atomic mass is 10.1.